The van der Waals surface area contributed by atoms with Crippen molar-refractivity contribution >= 4 is 5.97 Å². The Morgan fingerprint density at radius 1 is 1.00 bits per heavy atom. The monoisotopic (exact) mass is 310 g/mol. The molecule has 2 aromatic rings. The second kappa shape index (κ2) is 7.14. The minimum absolute atomic E-state index is 0.118. The molecule has 0 aromatic heterocycles. The van der Waals surface area contributed by atoms with Crippen LogP contribution in [0.5, 0.6) is 5.75 Å². The molecule has 120 valence electrons. The van der Waals surface area contributed by atoms with Gasteiger partial charge in [-0.1, -0.05) is 69.8 Å². The first-order valence-corrected chi connectivity index (χ1v) is 7.68. The molecule has 0 aliphatic heterocycles. The first-order chi connectivity index (χ1) is 10.9. The van der Waals surface area contributed by atoms with Crippen LogP contribution >= 0.6 is 0 Å². The fourth-order valence-electron chi connectivity index (χ4n) is 2.24. The van der Waals surface area contributed by atoms with E-state index in [9.17, 15) is 4.79 Å². The maximum atomic E-state index is 11.5. The van der Waals surface area contributed by atoms with Gasteiger partial charge in [0.2, 0.25) is 0 Å². The molecule has 0 spiro atoms. The molecule has 2 aromatic carbocycles. The SMILES string of the molecule is C=C(CC)C(=O)OOc1ccc(C(C)(C)c2ccccc2)cc1. The lowest BCUT2D eigenvalue weighted by atomic mass is 9.78. The molecule has 0 fully saturated rings. The van der Waals surface area contributed by atoms with Gasteiger partial charge in [0.15, 0.2) is 5.75 Å². The minimum atomic E-state index is -0.541. The molecule has 0 N–H and O–H groups in total. The molecule has 0 bridgehead atoms. The summed E-state index contributed by atoms with van der Waals surface area (Å²) in [5.41, 5.74) is 2.65. The van der Waals surface area contributed by atoms with Gasteiger partial charge in [0.05, 0.1) is 0 Å². The normalized spacial score (nSPS) is 10.9. The Labute approximate surface area is 137 Å². The van der Waals surface area contributed by atoms with Gasteiger partial charge in [-0.3, -0.25) is 4.89 Å². The smallest absolute Gasteiger partial charge is 0.287 e. The Kier molecular flexibility index (Phi) is 5.22. The van der Waals surface area contributed by atoms with Crippen molar-refractivity contribution in [3.05, 3.63) is 77.9 Å². The molecule has 0 saturated heterocycles. The van der Waals surface area contributed by atoms with Crippen molar-refractivity contribution in [1.82, 2.24) is 0 Å². The van der Waals surface area contributed by atoms with Crippen LogP contribution in [0.2, 0.25) is 0 Å². The lowest BCUT2D eigenvalue weighted by Gasteiger charge is -2.26. The number of hydrogen-bond donors (Lipinski definition) is 0. The van der Waals surface area contributed by atoms with Crippen LogP contribution in [0.15, 0.2) is 66.7 Å². The second-order valence-corrected chi connectivity index (χ2v) is 5.93. The van der Waals surface area contributed by atoms with Gasteiger partial charge in [-0.2, -0.15) is 0 Å². The summed E-state index contributed by atoms with van der Waals surface area (Å²) < 4.78 is 0. The van der Waals surface area contributed by atoms with E-state index in [1.807, 2.05) is 37.3 Å². The molecule has 0 radical (unpaired) electrons. The summed E-state index contributed by atoms with van der Waals surface area (Å²) in [6, 6.07) is 17.9. The van der Waals surface area contributed by atoms with Crippen molar-refractivity contribution in [2.75, 3.05) is 0 Å². The molecular formula is C20H22O3. The van der Waals surface area contributed by atoms with Crippen molar-refractivity contribution in [1.29, 1.82) is 0 Å². The summed E-state index contributed by atoms with van der Waals surface area (Å²) in [5, 5.41) is 0. The Hall–Kier alpha value is -2.55. The van der Waals surface area contributed by atoms with Gasteiger partial charge in [0.25, 0.3) is 0 Å². The second-order valence-electron chi connectivity index (χ2n) is 5.93. The van der Waals surface area contributed by atoms with Gasteiger partial charge in [-0.25, -0.2) is 9.68 Å². The summed E-state index contributed by atoms with van der Waals surface area (Å²) >= 11 is 0. The standard InChI is InChI=1S/C20H22O3/c1-5-15(2)19(21)23-22-18-13-11-17(12-14-18)20(3,4)16-9-7-6-8-10-16/h6-14H,2,5H2,1,3-4H3. The fourth-order valence-corrected chi connectivity index (χ4v) is 2.24. The van der Waals surface area contributed by atoms with Crippen molar-refractivity contribution in [2.45, 2.75) is 32.6 Å². The van der Waals surface area contributed by atoms with E-state index in [-0.39, 0.29) is 5.41 Å². The van der Waals surface area contributed by atoms with Gasteiger partial charge in [-0.05, 0) is 29.7 Å². The summed E-state index contributed by atoms with van der Waals surface area (Å²) in [6.07, 6.45) is 0.534. The van der Waals surface area contributed by atoms with E-state index in [2.05, 4.69) is 32.6 Å². The van der Waals surface area contributed by atoms with E-state index in [0.29, 0.717) is 17.7 Å². The molecule has 0 saturated carbocycles. The molecule has 3 heteroatoms. The average molecular weight is 310 g/mol. The van der Waals surface area contributed by atoms with E-state index in [1.165, 1.54) is 5.56 Å². The van der Waals surface area contributed by atoms with Crippen LogP contribution in [0.1, 0.15) is 38.3 Å². The quantitative estimate of drug-likeness (QED) is 0.436. The Balaban J connectivity index is 2.08. The third kappa shape index (κ3) is 4.01. The first-order valence-electron chi connectivity index (χ1n) is 7.68. The fraction of sp³-hybridized carbons (Fsp3) is 0.250. The molecule has 0 aliphatic rings. The van der Waals surface area contributed by atoms with Crippen LogP contribution < -0.4 is 4.89 Å². The highest BCUT2D eigenvalue weighted by Gasteiger charge is 2.22. The number of carbonyl (C=O) groups is 1. The Morgan fingerprint density at radius 3 is 2.13 bits per heavy atom. The highest BCUT2D eigenvalue weighted by Crippen LogP contribution is 2.32. The maximum absolute atomic E-state index is 11.5. The van der Waals surface area contributed by atoms with E-state index >= 15 is 0 Å². The molecule has 0 heterocycles. The van der Waals surface area contributed by atoms with Crippen LogP contribution in [0.4, 0.5) is 0 Å². The van der Waals surface area contributed by atoms with Crippen LogP contribution in [0.25, 0.3) is 0 Å². The maximum Gasteiger partial charge on any atom is 0.381 e. The van der Waals surface area contributed by atoms with Crippen LogP contribution in [0.3, 0.4) is 0 Å². The molecule has 2 rings (SSSR count). The number of benzene rings is 2. The minimum Gasteiger partial charge on any atom is -0.287 e. The van der Waals surface area contributed by atoms with E-state index < -0.39 is 5.97 Å². The van der Waals surface area contributed by atoms with Gasteiger partial charge in [0, 0.05) is 11.0 Å². The summed E-state index contributed by atoms with van der Waals surface area (Å²) in [6.45, 7) is 9.79. The van der Waals surface area contributed by atoms with Crippen molar-refractivity contribution < 1.29 is 14.6 Å². The molecule has 0 atom stereocenters. The number of hydrogen-bond acceptors (Lipinski definition) is 3. The van der Waals surface area contributed by atoms with Crippen LogP contribution in [-0.4, -0.2) is 5.97 Å². The summed E-state index contributed by atoms with van der Waals surface area (Å²) in [4.78, 5) is 21.3. The van der Waals surface area contributed by atoms with Gasteiger partial charge >= 0.3 is 5.97 Å². The molecule has 0 aliphatic carbocycles. The predicted octanol–water partition coefficient (Wildman–Crippen LogP) is 4.82. The van der Waals surface area contributed by atoms with E-state index in [4.69, 9.17) is 9.78 Å². The van der Waals surface area contributed by atoms with Gasteiger partial charge in [0.1, 0.15) is 0 Å². The lowest BCUT2D eigenvalue weighted by molar-refractivity contribution is -0.208. The zero-order valence-corrected chi connectivity index (χ0v) is 13.8. The molecule has 3 nitrogen and oxygen atoms in total. The zero-order valence-electron chi connectivity index (χ0n) is 13.8. The number of carbonyl (C=O) groups excluding carboxylic acids is 1. The third-order valence-corrected chi connectivity index (χ3v) is 4.00. The van der Waals surface area contributed by atoms with Crippen molar-refractivity contribution in [3.8, 4) is 5.75 Å². The largest absolute Gasteiger partial charge is 0.381 e. The average Bonchev–Trinajstić information content (AvgIpc) is 2.60. The van der Waals surface area contributed by atoms with Gasteiger partial charge < -0.3 is 0 Å². The molecular weight excluding hydrogens is 288 g/mol. The Bertz CT molecular complexity index is 670. The summed E-state index contributed by atoms with van der Waals surface area (Å²) in [7, 11) is 0. The third-order valence-electron chi connectivity index (χ3n) is 4.00. The van der Waals surface area contributed by atoms with Crippen molar-refractivity contribution in [3.63, 3.8) is 0 Å². The van der Waals surface area contributed by atoms with Gasteiger partial charge in [-0.15, -0.1) is 0 Å². The zero-order chi connectivity index (χ0) is 16.9. The van der Waals surface area contributed by atoms with Crippen LogP contribution in [-0.2, 0) is 15.1 Å². The molecule has 23 heavy (non-hydrogen) atoms. The highest BCUT2D eigenvalue weighted by molar-refractivity contribution is 5.87. The predicted molar refractivity (Wildman–Crippen MR) is 91.2 cm³/mol. The molecule has 0 amide bonds. The molecule has 0 unspecified atom stereocenters. The topological polar surface area (TPSA) is 35.5 Å². The van der Waals surface area contributed by atoms with E-state index in [0.717, 1.165) is 5.56 Å². The lowest BCUT2D eigenvalue weighted by Crippen LogP contribution is -2.18. The first kappa shape index (κ1) is 16.8. The van der Waals surface area contributed by atoms with Crippen molar-refractivity contribution in [2.24, 2.45) is 0 Å². The van der Waals surface area contributed by atoms with E-state index in [1.54, 1.807) is 12.1 Å². The highest BCUT2D eigenvalue weighted by atomic mass is 17.2. The number of rotatable bonds is 6. The summed E-state index contributed by atoms with van der Waals surface area (Å²) in [5.74, 6) is -0.0592. The Morgan fingerprint density at radius 2 is 1.57 bits per heavy atom. The van der Waals surface area contributed by atoms with Crippen LogP contribution in [0, 0.1) is 0 Å².